The van der Waals surface area contributed by atoms with E-state index in [0.717, 1.165) is 103 Å². The Bertz CT molecular complexity index is 1700. The van der Waals surface area contributed by atoms with E-state index in [1.54, 1.807) is 6.20 Å². The van der Waals surface area contributed by atoms with Crippen molar-refractivity contribution < 1.29 is 9.47 Å². The van der Waals surface area contributed by atoms with Gasteiger partial charge in [0.15, 0.2) is 11.9 Å². The monoisotopic (exact) mass is 551 g/mol. The summed E-state index contributed by atoms with van der Waals surface area (Å²) in [6, 6.07) is 8.16. The van der Waals surface area contributed by atoms with Gasteiger partial charge in [0.25, 0.3) is 0 Å². The molecule has 8 heterocycles. The molecule has 3 aliphatic rings. The van der Waals surface area contributed by atoms with Gasteiger partial charge in [0.2, 0.25) is 0 Å². The van der Waals surface area contributed by atoms with Gasteiger partial charge in [-0.1, -0.05) is 0 Å². The standard InChI is InChI=1S/C30H33N9O2/c1-19-29(20(2)37(35-19)21-6-5-11-31-15-21)26-14-27(36-17-22-8-9-23(18-36)41-22)34-30-24(16-33-39(26)30)25-10-12-32-38(25)28-7-3-4-13-40-28/h5-6,10-12,14-16,22-23,28H,3-4,7-9,13,17-18H2,1-2H3. The summed E-state index contributed by atoms with van der Waals surface area (Å²) in [6.07, 6.45) is 13.1. The molecule has 3 aliphatic heterocycles. The Kier molecular flexibility index (Phi) is 5.89. The molecule has 3 saturated heterocycles. The van der Waals surface area contributed by atoms with E-state index in [0.29, 0.717) is 0 Å². The van der Waals surface area contributed by atoms with Gasteiger partial charge in [-0.2, -0.15) is 15.3 Å². The topological polar surface area (TPSA) is 100 Å². The number of hydrogen-bond donors (Lipinski definition) is 0. The van der Waals surface area contributed by atoms with Crippen LogP contribution in [-0.2, 0) is 9.47 Å². The summed E-state index contributed by atoms with van der Waals surface area (Å²) < 4.78 is 18.2. The molecule has 0 saturated carbocycles. The number of aromatic nitrogens is 8. The lowest BCUT2D eigenvalue weighted by atomic mass is 10.1. The Balaban J connectivity index is 1.31. The Morgan fingerprint density at radius 2 is 1.80 bits per heavy atom. The van der Waals surface area contributed by atoms with Gasteiger partial charge in [-0.15, -0.1) is 0 Å². The maximum absolute atomic E-state index is 6.16. The minimum Gasteiger partial charge on any atom is -0.371 e. The highest BCUT2D eigenvalue weighted by Crippen LogP contribution is 2.37. The van der Waals surface area contributed by atoms with E-state index in [1.165, 1.54) is 0 Å². The van der Waals surface area contributed by atoms with E-state index in [2.05, 4.69) is 34.9 Å². The van der Waals surface area contributed by atoms with Crippen LogP contribution in [0, 0.1) is 13.8 Å². The number of rotatable bonds is 5. The zero-order valence-corrected chi connectivity index (χ0v) is 23.3. The van der Waals surface area contributed by atoms with Crippen LogP contribution in [0.1, 0.15) is 49.7 Å². The molecule has 0 amide bonds. The number of nitrogens with zero attached hydrogens (tertiary/aromatic N) is 9. The van der Waals surface area contributed by atoms with Crippen molar-refractivity contribution in [1.29, 1.82) is 0 Å². The summed E-state index contributed by atoms with van der Waals surface area (Å²) >= 11 is 0. The predicted octanol–water partition coefficient (Wildman–Crippen LogP) is 4.52. The second kappa shape index (κ2) is 9.78. The van der Waals surface area contributed by atoms with Crippen LogP contribution in [0.25, 0.3) is 33.8 Å². The van der Waals surface area contributed by atoms with Crippen LogP contribution in [-0.4, -0.2) is 71.0 Å². The third-order valence-electron chi connectivity index (χ3n) is 8.64. The number of hydrogen-bond acceptors (Lipinski definition) is 8. The quantitative estimate of drug-likeness (QED) is 0.314. The fourth-order valence-corrected chi connectivity index (χ4v) is 6.69. The zero-order valence-electron chi connectivity index (χ0n) is 23.3. The van der Waals surface area contributed by atoms with E-state index in [4.69, 9.17) is 24.7 Å². The van der Waals surface area contributed by atoms with Crippen molar-refractivity contribution in [3.63, 3.8) is 0 Å². The Morgan fingerprint density at radius 1 is 0.927 bits per heavy atom. The van der Waals surface area contributed by atoms with Gasteiger partial charge in [0.1, 0.15) is 5.82 Å². The van der Waals surface area contributed by atoms with Crippen molar-refractivity contribution in [2.24, 2.45) is 0 Å². The summed E-state index contributed by atoms with van der Waals surface area (Å²) in [6.45, 7) is 6.58. The fraction of sp³-hybridized carbons (Fsp3) is 0.433. The molecular weight excluding hydrogens is 518 g/mol. The highest BCUT2D eigenvalue weighted by molar-refractivity contribution is 5.80. The second-order valence-electron chi connectivity index (χ2n) is 11.3. The molecule has 3 fully saturated rings. The van der Waals surface area contributed by atoms with E-state index in [1.807, 2.05) is 50.7 Å². The van der Waals surface area contributed by atoms with Crippen molar-refractivity contribution in [1.82, 2.24) is 39.1 Å². The Morgan fingerprint density at radius 3 is 2.59 bits per heavy atom. The van der Waals surface area contributed by atoms with Gasteiger partial charge in [-0.25, -0.2) is 18.9 Å². The van der Waals surface area contributed by atoms with E-state index in [9.17, 15) is 0 Å². The summed E-state index contributed by atoms with van der Waals surface area (Å²) in [5, 5.41) is 14.5. The first kappa shape index (κ1) is 24.7. The lowest BCUT2D eigenvalue weighted by Gasteiger charge is -2.33. The van der Waals surface area contributed by atoms with Crippen molar-refractivity contribution in [2.45, 2.75) is 64.4 Å². The normalized spacial score (nSPS) is 22.6. The highest BCUT2D eigenvalue weighted by Gasteiger charge is 2.35. The molecule has 3 atom stereocenters. The molecule has 5 aromatic heterocycles. The molecule has 0 radical (unpaired) electrons. The predicted molar refractivity (Wildman–Crippen MR) is 153 cm³/mol. The number of ether oxygens (including phenoxy) is 2. The van der Waals surface area contributed by atoms with Gasteiger partial charge in [-0.05, 0) is 64.2 Å². The van der Waals surface area contributed by atoms with E-state index >= 15 is 0 Å². The molecule has 0 N–H and O–H groups in total. The zero-order chi connectivity index (χ0) is 27.5. The van der Waals surface area contributed by atoms with Gasteiger partial charge < -0.3 is 14.4 Å². The smallest absolute Gasteiger partial charge is 0.167 e. The number of pyridine rings is 1. The molecule has 11 nitrogen and oxygen atoms in total. The van der Waals surface area contributed by atoms with Crippen LogP contribution in [0.5, 0.6) is 0 Å². The van der Waals surface area contributed by atoms with E-state index < -0.39 is 0 Å². The average molecular weight is 552 g/mol. The summed E-state index contributed by atoms with van der Waals surface area (Å²) in [7, 11) is 0. The SMILES string of the molecule is Cc1nn(-c2cccnc2)c(C)c1-c1cc(N2CC3CCC(C2)O3)nc2c(-c3ccnn3C3CCCCO3)cnn12. The second-order valence-corrected chi connectivity index (χ2v) is 11.3. The fourth-order valence-electron chi connectivity index (χ4n) is 6.69. The Hall–Kier alpha value is -4.09. The third-order valence-corrected chi connectivity index (χ3v) is 8.64. The molecule has 8 rings (SSSR count). The van der Waals surface area contributed by atoms with Crippen LogP contribution >= 0.6 is 0 Å². The van der Waals surface area contributed by atoms with Crippen LogP contribution in [0.2, 0.25) is 0 Å². The number of aryl methyl sites for hydroxylation is 1. The van der Waals surface area contributed by atoms with Crippen LogP contribution in [0.15, 0.2) is 49.1 Å². The van der Waals surface area contributed by atoms with Crippen molar-refractivity contribution in [2.75, 3.05) is 24.6 Å². The van der Waals surface area contributed by atoms with Gasteiger partial charge in [0.05, 0.1) is 58.6 Å². The molecular formula is C30H33N9O2. The molecule has 11 heteroatoms. The number of morpholine rings is 1. The molecule has 0 spiro atoms. The van der Waals surface area contributed by atoms with Gasteiger partial charge in [-0.3, -0.25) is 4.98 Å². The molecule has 0 aliphatic carbocycles. The van der Waals surface area contributed by atoms with E-state index in [-0.39, 0.29) is 18.4 Å². The van der Waals surface area contributed by atoms with Crippen LogP contribution in [0.4, 0.5) is 5.82 Å². The first-order valence-corrected chi connectivity index (χ1v) is 14.6. The summed E-state index contributed by atoms with van der Waals surface area (Å²) in [5.74, 6) is 0.933. The highest BCUT2D eigenvalue weighted by atomic mass is 16.5. The minimum absolute atomic E-state index is 0.0802. The average Bonchev–Trinajstić information content (AvgIpc) is 3.79. The number of fused-ring (bicyclic) bond motifs is 3. The van der Waals surface area contributed by atoms with Crippen molar-refractivity contribution in [3.8, 4) is 28.2 Å². The maximum Gasteiger partial charge on any atom is 0.167 e. The number of anilines is 1. The molecule has 2 bridgehead atoms. The Labute approximate surface area is 237 Å². The van der Waals surface area contributed by atoms with Crippen molar-refractivity contribution >= 4 is 11.5 Å². The molecule has 41 heavy (non-hydrogen) atoms. The van der Waals surface area contributed by atoms with Crippen LogP contribution < -0.4 is 4.90 Å². The lowest BCUT2D eigenvalue weighted by molar-refractivity contribution is -0.0383. The molecule has 210 valence electrons. The van der Waals surface area contributed by atoms with Gasteiger partial charge >= 0.3 is 0 Å². The first-order valence-electron chi connectivity index (χ1n) is 14.6. The largest absolute Gasteiger partial charge is 0.371 e. The summed E-state index contributed by atoms with van der Waals surface area (Å²) in [4.78, 5) is 12.0. The summed E-state index contributed by atoms with van der Waals surface area (Å²) in [5.41, 5.74) is 7.56. The minimum atomic E-state index is -0.0802. The van der Waals surface area contributed by atoms with Gasteiger partial charge in [0, 0.05) is 43.7 Å². The maximum atomic E-state index is 6.16. The third kappa shape index (κ3) is 4.14. The van der Waals surface area contributed by atoms with Crippen molar-refractivity contribution in [3.05, 3.63) is 60.4 Å². The van der Waals surface area contributed by atoms with Crippen LogP contribution in [0.3, 0.4) is 0 Å². The lowest BCUT2D eigenvalue weighted by Crippen LogP contribution is -2.43. The molecule has 3 unspecified atom stereocenters. The molecule has 5 aromatic rings. The first-order chi connectivity index (χ1) is 20.1. The molecule has 0 aromatic carbocycles.